The Morgan fingerprint density at radius 2 is 1.73 bits per heavy atom. The van der Waals surface area contributed by atoms with Crippen LogP contribution in [0.2, 0.25) is 0 Å². The molecule has 8 heteroatoms. The van der Waals surface area contributed by atoms with E-state index in [1.165, 1.54) is 4.90 Å². The molecule has 0 aliphatic carbocycles. The number of methoxy groups -OCH3 is 2. The van der Waals surface area contributed by atoms with E-state index in [1.807, 2.05) is 48.7 Å². The van der Waals surface area contributed by atoms with E-state index in [1.54, 1.807) is 38.5 Å². The number of hydrogen-bond donors (Lipinski definition) is 2. The standard InChI is InChI=1S/C29H25BrN2O5/c1-36-21-8-6-17(7-9-21)27(33)25-26(18-4-3-5-20(30)14-18)32(29(35)28(25)34)13-12-19-16-31-24-11-10-22(37-2)15-23(19)24/h3-11,14-16,26,31,33H,12-13H2,1-2H3/t26-/m1/s1. The minimum Gasteiger partial charge on any atom is -0.507 e. The number of amides is 1. The van der Waals surface area contributed by atoms with E-state index >= 15 is 0 Å². The number of ketones is 1. The minimum atomic E-state index is -0.737. The Kier molecular flexibility index (Phi) is 6.76. The predicted molar refractivity (Wildman–Crippen MR) is 145 cm³/mol. The lowest BCUT2D eigenvalue weighted by Gasteiger charge is -2.25. The van der Waals surface area contributed by atoms with E-state index in [-0.39, 0.29) is 17.9 Å². The number of hydrogen-bond acceptors (Lipinski definition) is 5. The van der Waals surface area contributed by atoms with Gasteiger partial charge in [0.15, 0.2) is 0 Å². The number of aliphatic hydroxyl groups excluding tert-OH is 1. The molecule has 2 heterocycles. The number of carbonyl (C=O) groups excluding carboxylic acids is 2. The second kappa shape index (κ2) is 10.1. The molecular formula is C29H25BrN2O5. The number of nitrogens with zero attached hydrogens (tertiary/aromatic N) is 1. The molecule has 7 nitrogen and oxygen atoms in total. The van der Waals surface area contributed by atoms with E-state index in [9.17, 15) is 14.7 Å². The molecule has 0 spiro atoms. The van der Waals surface area contributed by atoms with Gasteiger partial charge in [0.1, 0.15) is 17.3 Å². The summed E-state index contributed by atoms with van der Waals surface area (Å²) in [5, 5.41) is 12.2. The number of H-pyrrole nitrogens is 1. The highest BCUT2D eigenvalue weighted by Gasteiger charge is 2.46. The Hall–Kier alpha value is -4.04. The van der Waals surface area contributed by atoms with Crippen LogP contribution in [-0.4, -0.2) is 47.4 Å². The molecule has 1 atom stereocenters. The van der Waals surface area contributed by atoms with Crippen molar-refractivity contribution in [3.8, 4) is 11.5 Å². The topological polar surface area (TPSA) is 91.9 Å². The molecule has 188 valence electrons. The number of benzene rings is 3. The lowest BCUT2D eigenvalue weighted by atomic mass is 9.95. The van der Waals surface area contributed by atoms with Crippen LogP contribution in [-0.2, 0) is 16.0 Å². The third-order valence-electron chi connectivity index (χ3n) is 6.66. The van der Waals surface area contributed by atoms with Crippen molar-refractivity contribution in [3.63, 3.8) is 0 Å². The van der Waals surface area contributed by atoms with Crippen molar-refractivity contribution in [3.05, 3.63) is 99.7 Å². The fourth-order valence-electron chi connectivity index (χ4n) is 4.77. The van der Waals surface area contributed by atoms with E-state index in [4.69, 9.17) is 9.47 Å². The van der Waals surface area contributed by atoms with E-state index in [0.717, 1.165) is 32.3 Å². The molecule has 37 heavy (non-hydrogen) atoms. The summed E-state index contributed by atoms with van der Waals surface area (Å²) in [6.45, 7) is 0.283. The number of halogens is 1. The summed E-state index contributed by atoms with van der Waals surface area (Å²) < 4.78 is 11.4. The predicted octanol–water partition coefficient (Wildman–Crippen LogP) is 5.61. The first-order valence-corrected chi connectivity index (χ1v) is 12.5. The monoisotopic (exact) mass is 560 g/mol. The van der Waals surface area contributed by atoms with Gasteiger partial charge in [0.2, 0.25) is 0 Å². The molecule has 1 aliphatic rings. The first-order chi connectivity index (χ1) is 17.9. The van der Waals surface area contributed by atoms with E-state index in [0.29, 0.717) is 17.7 Å². The van der Waals surface area contributed by atoms with Gasteiger partial charge >= 0.3 is 0 Å². The molecule has 2 N–H and O–H groups in total. The zero-order valence-electron chi connectivity index (χ0n) is 20.3. The van der Waals surface area contributed by atoms with Crippen LogP contribution >= 0.6 is 15.9 Å². The molecule has 0 radical (unpaired) electrons. The molecule has 0 unspecified atom stereocenters. The maximum absolute atomic E-state index is 13.3. The number of carbonyl (C=O) groups is 2. The van der Waals surface area contributed by atoms with Gasteiger partial charge in [0.05, 0.1) is 25.8 Å². The van der Waals surface area contributed by atoms with Crippen LogP contribution in [0.4, 0.5) is 0 Å². The number of rotatable bonds is 7. The summed E-state index contributed by atoms with van der Waals surface area (Å²) in [7, 11) is 3.17. The third-order valence-corrected chi connectivity index (χ3v) is 7.16. The largest absolute Gasteiger partial charge is 0.507 e. The van der Waals surface area contributed by atoms with Crippen LogP contribution in [0.1, 0.15) is 22.7 Å². The smallest absolute Gasteiger partial charge is 0.295 e. The lowest BCUT2D eigenvalue weighted by molar-refractivity contribution is -0.139. The Labute approximate surface area is 222 Å². The van der Waals surface area contributed by atoms with Crippen molar-refractivity contribution in [2.75, 3.05) is 20.8 Å². The summed E-state index contributed by atoms with van der Waals surface area (Å²) in [6, 6.07) is 19.2. The molecule has 1 amide bonds. The number of nitrogens with one attached hydrogen (secondary N) is 1. The first-order valence-electron chi connectivity index (χ1n) is 11.7. The summed E-state index contributed by atoms with van der Waals surface area (Å²) in [4.78, 5) is 31.4. The molecule has 1 fully saturated rings. The SMILES string of the molecule is COc1ccc(C(O)=C2C(=O)C(=O)N(CCc3c[nH]c4ccc(OC)cc34)[C@@H]2c2cccc(Br)c2)cc1. The van der Waals surface area contributed by atoms with Crippen LogP contribution in [0.25, 0.3) is 16.7 Å². The summed E-state index contributed by atoms with van der Waals surface area (Å²) >= 11 is 3.49. The molecular weight excluding hydrogens is 536 g/mol. The Morgan fingerprint density at radius 3 is 2.43 bits per heavy atom. The second-order valence-electron chi connectivity index (χ2n) is 8.75. The number of ether oxygens (including phenoxy) is 2. The van der Waals surface area contributed by atoms with E-state index < -0.39 is 17.7 Å². The van der Waals surface area contributed by atoms with Crippen molar-refractivity contribution in [1.29, 1.82) is 0 Å². The zero-order valence-corrected chi connectivity index (χ0v) is 21.9. The quantitative estimate of drug-likeness (QED) is 0.174. The summed E-state index contributed by atoms with van der Waals surface area (Å²) in [6.07, 6.45) is 2.42. The van der Waals surface area contributed by atoms with Gasteiger partial charge in [0, 0.05) is 33.7 Å². The van der Waals surface area contributed by atoms with Crippen LogP contribution < -0.4 is 9.47 Å². The number of likely N-dealkylation sites (tertiary alicyclic amines) is 1. The molecule has 0 bridgehead atoms. The third kappa shape index (κ3) is 4.60. The molecule has 1 aromatic heterocycles. The normalized spacial score (nSPS) is 16.9. The molecule has 3 aromatic carbocycles. The average molecular weight is 561 g/mol. The minimum absolute atomic E-state index is 0.0638. The zero-order chi connectivity index (χ0) is 26.1. The van der Waals surface area contributed by atoms with Crippen LogP contribution in [0.5, 0.6) is 11.5 Å². The van der Waals surface area contributed by atoms with Crippen LogP contribution in [0.3, 0.4) is 0 Å². The number of aliphatic hydroxyl groups is 1. The van der Waals surface area contributed by atoms with Crippen molar-refractivity contribution in [2.24, 2.45) is 0 Å². The highest BCUT2D eigenvalue weighted by molar-refractivity contribution is 9.10. The summed E-state index contributed by atoms with van der Waals surface area (Å²) in [5.74, 6) is -0.208. The Bertz CT molecular complexity index is 1520. The van der Waals surface area contributed by atoms with Gasteiger partial charge < -0.3 is 24.5 Å². The van der Waals surface area contributed by atoms with Crippen molar-refractivity contribution >= 4 is 44.3 Å². The lowest BCUT2D eigenvalue weighted by Crippen LogP contribution is -2.31. The summed E-state index contributed by atoms with van der Waals surface area (Å²) in [5.41, 5.74) is 3.18. The molecule has 0 saturated carbocycles. The number of aromatic nitrogens is 1. The van der Waals surface area contributed by atoms with Gasteiger partial charge in [-0.05, 0) is 72.1 Å². The highest BCUT2D eigenvalue weighted by Crippen LogP contribution is 2.40. The van der Waals surface area contributed by atoms with E-state index in [2.05, 4.69) is 20.9 Å². The maximum Gasteiger partial charge on any atom is 0.295 e. The van der Waals surface area contributed by atoms with Gasteiger partial charge in [-0.25, -0.2) is 0 Å². The van der Waals surface area contributed by atoms with Crippen LogP contribution in [0.15, 0.2) is 83.0 Å². The molecule has 1 saturated heterocycles. The number of aromatic amines is 1. The molecule has 1 aliphatic heterocycles. The van der Waals surface area contributed by atoms with Gasteiger partial charge in [-0.2, -0.15) is 0 Å². The van der Waals surface area contributed by atoms with Crippen molar-refractivity contribution < 1.29 is 24.2 Å². The average Bonchev–Trinajstić information content (AvgIpc) is 3.44. The molecule has 5 rings (SSSR count). The maximum atomic E-state index is 13.3. The highest BCUT2D eigenvalue weighted by atomic mass is 79.9. The Balaban J connectivity index is 1.55. The fourth-order valence-corrected chi connectivity index (χ4v) is 5.19. The number of fused-ring (bicyclic) bond motifs is 1. The van der Waals surface area contributed by atoms with Crippen molar-refractivity contribution in [2.45, 2.75) is 12.5 Å². The van der Waals surface area contributed by atoms with Gasteiger partial charge in [-0.3, -0.25) is 9.59 Å². The van der Waals surface area contributed by atoms with Gasteiger partial charge in [-0.1, -0.05) is 28.1 Å². The first kappa shape index (κ1) is 24.6. The number of Topliss-reactive ketones (excluding diaryl/α,β-unsaturated/α-hetero) is 1. The van der Waals surface area contributed by atoms with Gasteiger partial charge in [0.25, 0.3) is 11.7 Å². The Morgan fingerprint density at radius 1 is 1.00 bits per heavy atom. The second-order valence-corrected chi connectivity index (χ2v) is 9.67. The van der Waals surface area contributed by atoms with Gasteiger partial charge in [-0.15, -0.1) is 0 Å². The van der Waals surface area contributed by atoms with Crippen LogP contribution in [0, 0.1) is 0 Å². The molecule has 4 aromatic rings. The fraction of sp³-hybridized carbons (Fsp3) is 0.172. The van der Waals surface area contributed by atoms with Crippen molar-refractivity contribution in [1.82, 2.24) is 9.88 Å².